The van der Waals surface area contributed by atoms with Crippen LogP contribution in [0.2, 0.25) is 0 Å². The summed E-state index contributed by atoms with van der Waals surface area (Å²) in [6.07, 6.45) is -9.64. The molecule has 132 valence electrons. The van der Waals surface area contributed by atoms with Crippen LogP contribution in [0.3, 0.4) is 0 Å². The van der Waals surface area contributed by atoms with Gasteiger partial charge in [-0.2, -0.15) is 31.5 Å². The highest BCUT2D eigenvalue weighted by Gasteiger charge is 2.44. The number of nitrogens with one attached hydrogen (secondary N) is 2. The molecule has 3 N–H and O–H groups in total. The second-order valence-corrected chi connectivity index (χ2v) is 4.04. The van der Waals surface area contributed by atoms with Gasteiger partial charge in [0.2, 0.25) is 11.5 Å². The van der Waals surface area contributed by atoms with E-state index < -0.39 is 46.8 Å². The van der Waals surface area contributed by atoms with Gasteiger partial charge < -0.3 is 4.52 Å². The molecule has 0 aliphatic rings. The first-order chi connectivity index (χ1) is 10.2. The number of hydrogen-bond acceptors (Lipinski definition) is 5. The van der Waals surface area contributed by atoms with E-state index in [2.05, 4.69) is 4.52 Å². The minimum atomic E-state index is -5.05. The lowest BCUT2D eigenvalue weighted by atomic mass is 10.1. The van der Waals surface area contributed by atoms with Gasteiger partial charge in [0.05, 0.1) is 5.56 Å². The van der Waals surface area contributed by atoms with Crippen molar-refractivity contribution in [2.45, 2.75) is 26.2 Å². The van der Waals surface area contributed by atoms with Crippen molar-refractivity contribution >= 4 is 11.7 Å². The Morgan fingerprint density at radius 3 is 1.91 bits per heavy atom. The van der Waals surface area contributed by atoms with Crippen molar-refractivity contribution in [3.63, 3.8) is 0 Å². The molecule has 0 fully saturated rings. The first kappa shape index (κ1) is 20.7. The summed E-state index contributed by atoms with van der Waals surface area (Å²) in [5.74, 6) is -6.75. The quantitative estimate of drug-likeness (QED) is 0.324. The SMILES string of the molecule is CC(C(=O)NO)C(=O)C(F)(F)F.Cc1c(C(F)(F)F)o[nH]c1=O. The standard InChI is InChI=1S/C5H6F3NO3.C5H4F3NO2/c1-2(4(11)9-12)3(10)5(6,7)8;1-2-3(5(6,7)8)11-9-4(2)10/h2,12H,1H3,(H,9,11);1H3,(H,9,10). The van der Waals surface area contributed by atoms with Crippen LogP contribution in [0, 0.1) is 12.8 Å². The number of H-pyrrole nitrogens is 1. The Kier molecular flexibility index (Phi) is 6.57. The van der Waals surface area contributed by atoms with Gasteiger partial charge in [0.1, 0.15) is 5.92 Å². The average Bonchev–Trinajstić information content (AvgIpc) is 2.75. The van der Waals surface area contributed by atoms with Gasteiger partial charge in [0, 0.05) is 0 Å². The topological polar surface area (TPSA) is 112 Å². The zero-order valence-electron chi connectivity index (χ0n) is 11.4. The molecule has 0 aromatic carbocycles. The fraction of sp³-hybridized carbons (Fsp3) is 0.500. The van der Waals surface area contributed by atoms with Crippen LogP contribution in [0.25, 0.3) is 0 Å². The molecule has 1 rings (SSSR count). The van der Waals surface area contributed by atoms with E-state index in [1.165, 1.54) is 0 Å². The number of carbonyl (C=O) groups is 2. The van der Waals surface area contributed by atoms with E-state index >= 15 is 0 Å². The highest BCUT2D eigenvalue weighted by atomic mass is 19.4. The maximum Gasteiger partial charge on any atom is 0.452 e. The summed E-state index contributed by atoms with van der Waals surface area (Å²) in [5.41, 5.74) is -0.338. The molecular formula is C10H10F6N2O5. The van der Waals surface area contributed by atoms with E-state index in [1.807, 2.05) is 0 Å². The fourth-order valence-electron chi connectivity index (χ4n) is 1.09. The number of rotatable bonds is 2. The van der Waals surface area contributed by atoms with E-state index in [9.17, 15) is 40.7 Å². The molecule has 1 amide bonds. The van der Waals surface area contributed by atoms with Crippen LogP contribution in [0.5, 0.6) is 0 Å². The number of Topliss-reactive ketones (excluding diaryl/α,β-unsaturated/α-hetero) is 1. The second-order valence-electron chi connectivity index (χ2n) is 4.04. The minimum absolute atomic E-state index is 0.447. The monoisotopic (exact) mass is 352 g/mol. The molecule has 1 aromatic rings. The Balaban J connectivity index is 0.000000422. The van der Waals surface area contributed by atoms with Crippen molar-refractivity contribution in [1.29, 1.82) is 0 Å². The number of halogens is 6. The van der Waals surface area contributed by atoms with Crippen LogP contribution >= 0.6 is 0 Å². The van der Waals surface area contributed by atoms with Gasteiger partial charge in [-0.15, -0.1) is 0 Å². The Hall–Kier alpha value is -2.31. The lowest BCUT2D eigenvalue weighted by Gasteiger charge is -2.09. The van der Waals surface area contributed by atoms with Crippen molar-refractivity contribution in [1.82, 2.24) is 10.6 Å². The van der Waals surface area contributed by atoms with Crippen molar-refractivity contribution in [3.8, 4) is 0 Å². The molecule has 0 spiro atoms. The average molecular weight is 352 g/mol. The van der Waals surface area contributed by atoms with Gasteiger partial charge in [-0.1, -0.05) is 0 Å². The first-order valence-electron chi connectivity index (χ1n) is 5.53. The Labute approximate surface area is 123 Å². The van der Waals surface area contributed by atoms with Gasteiger partial charge in [-0.25, -0.2) is 5.48 Å². The van der Waals surface area contributed by atoms with Gasteiger partial charge in [-0.3, -0.25) is 19.6 Å². The number of alkyl halides is 6. The lowest BCUT2D eigenvalue weighted by molar-refractivity contribution is -0.177. The predicted octanol–water partition coefficient (Wildman–Crippen LogP) is 1.55. The summed E-state index contributed by atoms with van der Waals surface area (Å²) in [7, 11) is 0. The Morgan fingerprint density at radius 2 is 1.70 bits per heavy atom. The molecule has 0 saturated heterocycles. The van der Waals surface area contributed by atoms with Crippen LogP contribution in [-0.4, -0.2) is 28.2 Å². The van der Waals surface area contributed by atoms with E-state index in [1.54, 1.807) is 5.16 Å². The molecule has 0 aliphatic carbocycles. The third kappa shape index (κ3) is 5.77. The number of amides is 1. The van der Waals surface area contributed by atoms with E-state index in [0.29, 0.717) is 0 Å². The number of ketones is 1. The summed E-state index contributed by atoms with van der Waals surface area (Å²) in [6.45, 7) is 1.80. The van der Waals surface area contributed by atoms with Gasteiger partial charge in [0.15, 0.2) is 0 Å². The molecule has 13 heteroatoms. The molecule has 1 atom stereocenters. The Bertz CT molecular complexity index is 614. The maximum atomic E-state index is 11.8. The third-order valence-electron chi connectivity index (χ3n) is 2.36. The van der Waals surface area contributed by atoms with Gasteiger partial charge in [-0.05, 0) is 13.8 Å². The molecule has 0 aliphatic heterocycles. The molecule has 0 radical (unpaired) electrons. The molecule has 1 unspecified atom stereocenters. The van der Waals surface area contributed by atoms with Crippen LogP contribution in [0.1, 0.15) is 18.2 Å². The third-order valence-corrected chi connectivity index (χ3v) is 2.36. The van der Waals surface area contributed by atoms with Crippen molar-refractivity contribution in [3.05, 3.63) is 21.7 Å². The van der Waals surface area contributed by atoms with Crippen LogP contribution < -0.4 is 11.0 Å². The zero-order chi connectivity index (χ0) is 18.6. The zero-order valence-corrected chi connectivity index (χ0v) is 11.4. The highest BCUT2D eigenvalue weighted by molar-refractivity contribution is 6.03. The minimum Gasteiger partial charge on any atom is -0.373 e. The van der Waals surface area contributed by atoms with E-state index in [4.69, 9.17) is 5.21 Å². The largest absolute Gasteiger partial charge is 0.452 e. The van der Waals surface area contributed by atoms with Crippen molar-refractivity contribution in [2.75, 3.05) is 0 Å². The lowest BCUT2D eigenvalue weighted by Crippen LogP contribution is -2.38. The number of aromatic nitrogens is 1. The van der Waals surface area contributed by atoms with Gasteiger partial charge >= 0.3 is 12.4 Å². The number of hydrogen-bond donors (Lipinski definition) is 3. The normalized spacial score (nSPS) is 12.9. The molecular weight excluding hydrogens is 342 g/mol. The summed E-state index contributed by atoms with van der Waals surface area (Å²) < 4.78 is 74.1. The molecule has 7 nitrogen and oxygen atoms in total. The molecule has 1 heterocycles. The van der Waals surface area contributed by atoms with Crippen LogP contribution in [0.4, 0.5) is 26.3 Å². The smallest absolute Gasteiger partial charge is 0.373 e. The van der Waals surface area contributed by atoms with Gasteiger partial charge in [0.25, 0.3) is 11.5 Å². The summed E-state index contributed by atoms with van der Waals surface area (Å²) >= 11 is 0. The maximum absolute atomic E-state index is 11.8. The van der Waals surface area contributed by atoms with Crippen molar-refractivity contribution in [2.24, 2.45) is 5.92 Å². The summed E-state index contributed by atoms with van der Waals surface area (Å²) in [5, 5.41) is 9.49. The van der Waals surface area contributed by atoms with Crippen LogP contribution in [0.15, 0.2) is 9.32 Å². The number of hydroxylamine groups is 1. The van der Waals surface area contributed by atoms with Crippen LogP contribution in [-0.2, 0) is 15.8 Å². The predicted molar refractivity (Wildman–Crippen MR) is 59.2 cm³/mol. The van der Waals surface area contributed by atoms with Crippen molar-refractivity contribution < 1.29 is 45.7 Å². The molecule has 1 aromatic heterocycles. The summed E-state index contributed by atoms with van der Waals surface area (Å²) in [6, 6.07) is 0. The number of carbonyl (C=O) groups excluding carboxylic acids is 2. The molecule has 0 bridgehead atoms. The molecule has 23 heavy (non-hydrogen) atoms. The fourth-order valence-corrected chi connectivity index (χ4v) is 1.09. The first-order valence-corrected chi connectivity index (χ1v) is 5.53. The highest BCUT2D eigenvalue weighted by Crippen LogP contribution is 2.29. The molecule has 0 saturated carbocycles. The summed E-state index contributed by atoms with van der Waals surface area (Å²) in [4.78, 5) is 31.0. The van der Waals surface area contributed by atoms with E-state index in [-0.39, 0.29) is 0 Å². The number of aromatic amines is 1. The van der Waals surface area contributed by atoms with E-state index in [0.717, 1.165) is 19.3 Å². The second kappa shape index (κ2) is 7.30. The Morgan fingerprint density at radius 1 is 1.22 bits per heavy atom.